The van der Waals surface area contributed by atoms with Crippen molar-refractivity contribution in [2.24, 2.45) is 4.99 Å². The van der Waals surface area contributed by atoms with Crippen LogP contribution in [0.2, 0.25) is 0 Å². The summed E-state index contributed by atoms with van der Waals surface area (Å²) in [5.41, 5.74) is 4.80. The molecule has 0 radical (unpaired) electrons. The molecule has 0 aliphatic heterocycles. The van der Waals surface area contributed by atoms with E-state index in [4.69, 9.17) is 4.74 Å². The van der Waals surface area contributed by atoms with E-state index < -0.39 is 0 Å². The lowest BCUT2D eigenvalue weighted by atomic mass is 10.0. The van der Waals surface area contributed by atoms with Crippen molar-refractivity contribution in [1.29, 1.82) is 0 Å². The normalized spacial score (nSPS) is 16.0. The van der Waals surface area contributed by atoms with Crippen LogP contribution >= 0.6 is 0 Å². The average Bonchev–Trinajstić information content (AvgIpc) is 3.22. The highest BCUT2D eigenvalue weighted by atomic mass is 16.5. The van der Waals surface area contributed by atoms with Crippen molar-refractivity contribution < 1.29 is 9.53 Å². The number of hydrogen-bond acceptors (Lipinski definition) is 3. The topological polar surface area (TPSA) is 41.9 Å². The molecule has 1 aromatic carbocycles. The highest BCUT2D eigenvalue weighted by Crippen LogP contribution is 2.29. The van der Waals surface area contributed by atoms with Gasteiger partial charge in [0.25, 0.3) is 5.91 Å². The van der Waals surface area contributed by atoms with Crippen molar-refractivity contribution >= 4 is 17.2 Å². The second-order valence-corrected chi connectivity index (χ2v) is 8.15. The molecular formula is C25H38N2O2. The van der Waals surface area contributed by atoms with Crippen LogP contribution in [0.4, 0.5) is 0 Å². The summed E-state index contributed by atoms with van der Waals surface area (Å²) >= 11 is 0. The molecule has 0 unspecified atom stereocenters. The van der Waals surface area contributed by atoms with E-state index in [-0.39, 0.29) is 5.91 Å². The zero-order valence-corrected chi connectivity index (χ0v) is 19.2. The maximum absolute atomic E-state index is 12.7. The van der Waals surface area contributed by atoms with Gasteiger partial charge in [-0.2, -0.15) is 0 Å². The van der Waals surface area contributed by atoms with Gasteiger partial charge in [0, 0.05) is 18.8 Å². The highest BCUT2D eigenvalue weighted by molar-refractivity contribution is 6.38. The number of rotatable bonds is 9. The molecule has 0 N–H and O–H groups in total. The molecule has 160 valence electrons. The Morgan fingerprint density at radius 2 is 1.86 bits per heavy atom. The summed E-state index contributed by atoms with van der Waals surface area (Å²) < 4.78 is 6.17. The van der Waals surface area contributed by atoms with E-state index in [0.29, 0.717) is 11.8 Å². The van der Waals surface area contributed by atoms with Gasteiger partial charge in [0.15, 0.2) is 0 Å². The Balaban J connectivity index is 2.15. The molecule has 0 atom stereocenters. The third kappa shape index (κ3) is 6.45. The molecule has 0 spiro atoms. The summed E-state index contributed by atoms with van der Waals surface area (Å²) in [7, 11) is 0. The minimum Gasteiger partial charge on any atom is -0.490 e. The monoisotopic (exact) mass is 398 g/mol. The Morgan fingerprint density at radius 3 is 2.45 bits per heavy atom. The second-order valence-electron chi connectivity index (χ2n) is 8.15. The fourth-order valence-electron chi connectivity index (χ4n) is 3.77. The van der Waals surface area contributed by atoms with Gasteiger partial charge in [0.05, 0.1) is 6.10 Å². The number of aliphatic imine (C=N–C) groups is 1. The zero-order chi connectivity index (χ0) is 21.4. The lowest BCUT2D eigenvalue weighted by molar-refractivity contribution is -0.124. The van der Waals surface area contributed by atoms with Gasteiger partial charge in [-0.05, 0) is 95.6 Å². The van der Waals surface area contributed by atoms with E-state index >= 15 is 0 Å². The first kappa shape index (κ1) is 23.2. The maximum atomic E-state index is 12.7. The molecule has 29 heavy (non-hydrogen) atoms. The van der Waals surface area contributed by atoms with Crippen LogP contribution in [-0.2, 0) is 4.79 Å². The van der Waals surface area contributed by atoms with Gasteiger partial charge < -0.3 is 9.64 Å². The summed E-state index contributed by atoms with van der Waals surface area (Å²) in [5, 5.41) is 0. The van der Waals surface area contributed by atoms with Crippen LogP contribution < -0.4 is 4.74 Å². The smallest absolute Gasteiger partial charge is 0.267 e. The Bertz CT molecular complexity index is 758. The fourth-order valence-corrected chi connectivity index (χ4v) is 3.77. The molecule has 1 aliphatic rings. The summed E-state index contributed by atoms with van der Waals surface area (Å²) in [6, 6.07) is 6.34. The van der Waals surface area contributed by atoms with E-state index in [0.717, 1.165) is 66.9 Å². The van der Waals surface area contributed by atoms with E-state index in [1.165, 1.54) is 12.8 Å². The summed E-state index contributed by atoms with van der Waals surface area (Å²) in [6.45, 7) is 13.6. The summed E-state index contributed by atoms with van der Waals surface area (Å²) in [6.07, 6.45) is 7.33. The van der Waals surface area contributed by atoms with E-state index in [1.807, 2.05) is 25.7 Å². The molecule has 1 fully saturated rings. The number of hydrogen-bond donors (Lipinski definition) is 0. The third-order valence-electron chi connectivity index (χ3n) is 5.84. The SMILES string of the molecule is CCCCN(CC)C(=O)C(C)=N/C(C)=C(\C)c1ccc(OC2CCCC2)c(C)c1. The predicted octanol–water partition coefficient (Wildman–Crippen LogP) is 6.18. The molecule has 1 saturated carbocycles. The van der Waals surface area contributed by atoms with Crippen LogP contribution in [0.15, 0.2) is 28.9 Å². The molecular weight excluding hydrogens is 360 g/mol. The lowest BCUT2D eigenvalue weighted by Gasteiger charge is -2.20. The van der Waals surface area contributed by atoms with Gasteiger partial charge in [-0.1, -0.05) is 19.4 Å². The molecule has 1 aliphatic carbocycles. The number of nitrogens with zero attached hydrogens (tertiary/aromatic N) is 2. The van der Waals surface area contributed by atoms with E-state index in [2.05, 4.69) is 44.0 Å². The first-order valence-corrected chi connectivity index (χ1v) is 11.2. The van der Waals surface area contributed by atoms with Crippen molar-refractivity contribution in [3.63, 3.8) is 0 Å². The van der Waals surface area contributed by atoms with Crippen LogP contribution in [0, 0.1) is 6.92 Å². The number of carbonyl (C=O) groups excluding carboxylic acids is 1. The predicted molar refractivity (Wildman–Crippen MR) is 123 cm³/mol. The molecule has 4 nitrogen and oxygen atoms in total. The van der Waals surface area contributed by atoms with Gasteiger partial charge in [-0.15, -0.1) is 0 Å². The van der Waals surface area contributed by atoms with E-state index in [1.54, 1.807) is 0 Å². The summed E-state index contributed by atoms with van der Waals surface area (Å²) in [4.78, 5) is 19.2. The number of aryl methyl sites for hydroxylation is 1. The van der Waals surface area contributed by atoms with Crippen molar-refractivity contribution in [1.82, 2.24) is 4.90 Å². The highest BCUT2D eigenvalue weighted by Gasteiger charge is 2.18. The van der Waals surface area contributed by atoms with Crippen LogP contribution in [0.5, 0.6) is 5.75 Å². The first-order valence-electron chi connectivity index (χ1n) is 11.2. The minimum atomic E-state index is 0.0320. The lowest BCUT2D eigenvalue weighted by Crippen LogP contribution is -2.36. The van der Waals surface area contributed by atoms with Gasteiger partial charge >= 0.3 is 0 Å². The minimum absolute atomic E-state index is 0.0320. The maximum Gasteiger partial charge on any atom is 0.267 e. The Morgan fingerprint density at radius 1 is 1.17 bits per heavy atom. The number of allylic oxidation sites excluding steroid dienone is 2. The molecule has 0 saturated heterocycles. The van der Waals surface area contributed by atoms with Crippen molar-refractivity contribution in [2.45, 2.75) is 86.2 Å². The standard InChI is InChI=1S/C25H38N2O2/c1-7-9-16-27(8-2)25(28)21(6)26-20(5)19(4)22-14-15-24(18(3)17-22)29-23-12-10-11-13-23/h14-15,17,23H,7-13,16H2,1-6H3/b20-19+,26-21?. The molecule has 2 rings (SSSR count). The number of carbonyl (C=O) groups is 1. The molecule has 1 amide bonds. The number of ether oxygens (including phenoxy) is 1. The molecule has 0 aromatic heterocycles. The largest absolute Gasteiger partial charge is 0.490 e. The first-order chi connectivity index (χ1) is 13.9. The number of unbranched alkanes of at least 4 members (excludes halogenated alkanes) is 1. The summed E-state index contributed by atoms with van der Waals surface area (Å²) in [5.74, 6) is 1.01. The van der Waals surface area contributed by atoms with Gasteiger partial charge in [0.2, 0.25) is 0 Å². The molecule has 1 aromatic rings. The number of benzene rings is 1. The van der Waals surface area contributed by atoms with Crippen molar-refractivity contribution in [3.05, 3.63) is 35.0 Å². The fraction of sp³-hybridized carbons (Fsp3) is 0.600. The average molecular weight is 399 g/mol. The Hall–Kier alpha value is -2.10. The van der Waals surface area contributed by atoms with Crippen LogP contribution in [0.3, 0.4) is 0 Å². The molecule has 0 bridgehead atoms. The Kier molecular flexibility index (Phi) is 8.94. The van der Waals surface area contributed by atoms with Crippen molar-refractivity contribution in [2.75, 3.05) is 13.1 Å². The molecule has 0 heterocycles. The van der Waals surface area contributed by atoms with E-state index in [9.17, 15) is 4.79 Å². The second kappa shape index (κ2) is 11.2. The van der Waals surface area contributed by atoms with Crippen LogP contribution in [0.25, 0.3) is 5.57 Å². The van der Waals surface area contributed by atoms with Crippen LogP contribution in [-0.4, -0.2) is 35.7 Å². The van der Waals surface area contributed by atoms with Gasteiger partial charge in [-0.25, -0.2) is 0 Å². The van der Waals surface area contributed by atoms with Gasteiger partial charge in [0.1, 0.15) is 11.5 Å². The Labute approximate surface area is 177 Å². The quantitative estimate of drug-likeness (QED) is 0.466. The third-order valence-corrected chi connectivity index (χ3v) is 5.84. The number of amides is 1. The van der Waals surface area contributed by atoms with Crippen LogP contribution in [0.1, 0.15) is 84.3 Å². The van der Waals surface area contributed by atoms with Crippen molar-refractivity contribution in [3.8, 4) is 5.75 Å². The molecule has 4 heteroatoms. The zero-order valence-electron chi connectivity index (χ0n) is 19.2. The van der Waals surface area contributed by atoms with Gasteiger partial charge in [-0.3, -0.25) is 9.79 Å².